The molecule has 1 aromatic heterocycles. The number of fused-ring (bicyclic) bond motifs is 1. The van der Waals surface area contributed by atoms with E-state index in [0.29, 0.717) is 34.7 Å². The van der Waals surface area contributed by atoms with E-state index in [1.54, 1.807) is 29.2 Å². The molecule has 4 aromatic rings. The van der Waals surface area contributed by atoms with E-state index in [1.807, 2.05) is 13.8 Å². The number of anilines is 4. The number of aromatic hydroxyl groups is 1. The van der Waals surface area contributed by atoms with Crippen molar-refractivity contribution in [3.8, 4) is 22.6 Å². The lowest BCUT2D eigenvalue weighted by Gasteiger charge is -2.25. The number of carbonyl (C=O) groups is 1. The van der Waals surface area contributed by atoms with Crippen LogP contribution in [-0.4, -0.2) is 29.0 Å². The Morgan fingerprint density at radius 2 is 1.74 bits per heavy atom. The summed E-state index contributed by atoms with van der Waals surface area (Å²) in [6, 6.07) is 13.2. The Labute approximate surface area is 237 Å². The third kappa shape index (κ3) is 5.65. The number of rotatable bonds is 5. The van der Waals surface area contributed by atoms with Gasteiger partial charge in [0.25, 0.3) is 0 Å². The summed E-state index contributed by atoms with van der Waals surface area (Å²) in [7, 11) is 0. The highest BCUT2D eigenvalue weighted by molar-refractivity contribution is 6.03. The molecular weight excluding hydrogens is 559 g/mol. The van der Waals surface area contributed by atoms with Gasteiger partial charge in [-0.1, -0.05) is 26.0 Å². The molecule has 42 heavy (non-hydrogen) atoms. The van der Waals surface area contributed by atoms with Crippen LogP contribution in [0.1, 0.15) is 25.0 Å². The smallest absolute Gasteiger partial charge is 0.506 e. The number of benzene rings is 3. The van der Waals surface area contributed by atoms with Crippen LogP contribution in [-0.2, 0) is 5.41 Å². The number of hydrogen-bond acceptors (Lipinski definition) is 5. The van der Waals surface area contributed by atoms with Gasteiger partial charge in [-0.25, -0.2) is 14.2 Å². The van der Waals surface area contributed by atoms with Crippen LogP contribution < -0.4 is 20.3 Å². The van der Waals surface area contributed by atoms with Gasteiger partial charge in [0.15, 0.2) is 0 Å². The van der Waals surface area contributed by atoms with Gasteiger partial charge < -0.3 is 25.4 Å². The molecule has 0 unspecified atom stereocenters. The van der Waals surface area contributed by atoms with Crippen molar-refractivity contribution >= 4 is 28.8 Å². The minimum Gasteiger partial charge on any atom is -0.506 e. The second kappa shape index (κ2) is 10.5. The van der Waals surface area contributed by atoms with E-state index in [2.05, 4.69) is 20.4 Å². The molecule has 218 valence electrons. The first-order chi connectivity index (χ1) is 19.7. The Hall–Kier alpha value is -4.87. The molecular formula is C30H25F5N4O3. The predicted molar refractivity (Wildman–Crippen MR) is 148 cm³/mol. The fourth-order valence-corrected chi connectivity index (χ4v) is 5.13. The maximum absolute atomic E-state index is 15.4. The van der Waals surface area contributed by atoms with Crippen LogP contribution in [0.3, 0.4) is 0 Å². The van der Waals surface area contributed by atoms with Crippen molar-refractivity contribution in [2.24, 2.45) is 0 Å². The molecule has 0 aliphatic carbocycles. The molecule has 2 amide bonds. The van der Waals surface area contributed by atoms with Crippen LogP contribution in [0, 0.1) is 18.7 Å². The van der Waals surface area contributed by atoms with E-state index in [1.165, 1.54) is 31.3 Å². The van der Waals surface area contributed by atoms with Crippen molar-refractivity contribution in [1.29, 1.82) is 0 Å². The molecule has 0 fully saturated rings. The second-order valence-corrected chi connectivity index (χ2v) is 10.4. The summed E-state index contributed by atoms with van der Waals surface area (Å²) in [6.07, 6.45) is -3.59. The highest BCUT2D eigenvalue weighted by Crippen LogP contribution is 2.54. The summed E-state index contributed by atoms with van der Waals surface area (Å²) in [5, 5.41) is 16.2. The number of urea groups is 1. The van der Waals surface area contributed by atoms with Crippen LogP contribution in [0.2, 0.25) is 0 Å². The molecule has 1 aliphatic rings. The average Bonchev–Trinajstić information content (AvgIpc) is 3.18. The highest BCUT2D eigenvalue weighted by Gasteiger charge is 2.42. The molecule has 0 bridgehead atoms. The summed E-state index contributed by atoms with van der Waals surface area (Å²) in [4.78, 5) is 18.4. The molecule has 12 heteroatoms. The molecule has 1 aliphatic heterocycles. The van der Waals surface area contributed by atoms with Gasteiger partial charge in [0, 0.05) is 46.6 Å². The molecule has 3 aromatic carbocycles. The normalized spacial score (nSPS) is 14.0. The number of carbonyl (C=O) groups excluding carboxylic acids is 1. The lowest BCUT2D eigenvalue weighted by Crippen LogP contribution is -2.27. The van der Waals surface area contributed by atoms with E-state index in [9.17, 15) is 27.5 Å². The van der Waals surface area contributed by atoms with Crippen molar-refractivity contribution in [1.82, 2.24) is 4.98 Å². The van der Waals surface area contributed by atoms with Gasteiger partial charge in [0.2, 0.25) is 5.95 Å². The zero-order chi connectivity index (χ0) is 30.4. The predicted octanol–water partition coefficient (Wildman–Crippen LogP) is 8.01. The van der Waals surface area contributed by atoms with Crippen molar-refractivity contribution in [3.05, 3.63) is 89.8 Å². The van der Waals surface area contributed by atoms with Crippen molar-refractivity contribution in [2.75, 3.05) is 22.1 Å². The monoisotopic (exact) mass is 584 g/mol. The van der Waals surface area contributed by atoms with Gasteiger partial charge in [-0.15, -0.1) is 13.2 Å². The molecule has 5 rings (SSSR count). The number of phenolic OH excluding ortho intramolecular Hbond substituents is 1. The molecule has 0 radical (unpaired) electrons. The van der Waals surface area contributed by atoms with Crippen molar-refractivity contribution in [3.63, 3.8) is 0 Å². The number of aryl methyl sites for hydroxylation is 1. The lowest BCUT2D eigenvalue weighted by molar-refractivity contribution is -0.274. The number of nitrogens with zero attached hydrogens (tertiary/aromatic N) is 2. The Kier molecular flexibility index (Phi) is 7.17. The number of phenols is 1. The fourth-order valence-electron chi connectivity index (χ4n) is 5.13. The van der Waals surface area contributed by atoms with E-state index >= 15 is 4.39 Å². The highest BCUT2D eigenvalue weighted by atomic mass is 19.4. The number of aromatic nitrogens is 1. The third-order valence-corrected chi connectivity index (χ3v) is 6.82. The van der Waals surface area contributed by atoms with Crippen LogP contribution in [0.15, 0.2) is 66.9 Å². The van der Waals surface area contributed by atoms with Crippen LogP contribution in [0.4, 0.5) is 49.5 Å². The summed E-state index contributed by atoms with van der Waals surface area (Å²) >= 11 is 0. The Morgan fingerprint density at radius 1 is 1.05 bits per heavy atom. The van der Waals surface area contributed by atoms with E-state index in [0.717, 1.165) is 18.2 Å². The molecule has 0 saturated carbocycles. The van der Waals surface area contributed by atoms with Crippen molar-refractivity contribution < 1.29 is 36.6 Å². The number of ether oxygens (including phenoxy) is 1. The lowest BCUT2D eigenvalue weighted by atomic mass is 9.81. The van der Waals surface area contributed by atoms with Crippen LogP contribution in [0.5, 0.6) is 11.5 Å². The van der Waals surface area contributed by atoms with E-state index in [-0.39, 0.29) is 22.6 Å². The van der Waals surface area contributed by atoms with Gasteiger partial charge in [-0.3, -0.25) is 0 Å². The van der Waals surface area contributed by atoms with Crippen molar-refractivity contribution in [2.45, 2.75) is 32.5 Å². The number of pyridine rings is 1. The standard InChI is InChI=1S/C30H25F5N4O3/c1-16-12-17(14-36-27(16)32)24-20(31)13-23(40)26-25(24)29(2,3)15-39(26)22-7-5-4-6-21(22)38-28(41)37-18-8-10-19(11-9-18)42-30(33,34)35/h4-14,40H,15H2,1-3H3,(H2,37,38,41). The van der Waals surface area contributed by atoms with Gasteiger partial charge >= 0.3 is 12.4 Å². The SMILES string of the molecule is Cc1cc(-c2c(F)cc(O)c3c2C(C)(C)CN3c2ccccc2NC(=O)Nc2ccc(OC(F)(F)F)cc2)cnc1F. The number of para-hydroxylation sites is 2. The fraction of sp³-hybridized carbons (Fsp3) is 0.200. The minimum atomic E-state index is -4.84. The second-order valence-electron chi connectivity index (χ2n) is 10.4. The van der Waals surface area contributed by atoms with E-state index in [4.69, 9.17) is 0 Å². The van der Waals surface area contributed by atoms with E-state index < -0.39 is 35.3 Å². The summed E-state index contributed by atoms with van der Waals surface area (Å²) in [5.41, 5.74) is 1.96. The molecule has 0 saturated heterocycles. The number of amides is 2. The number of alkyl halides is 3. The first-order valence-electron chi connectivity index (χ1n) is 12.7. The topological polar surface area (TPSA) is 86.7 Å². The maximum Gasteiger partial charge on any atom is 0.573 e. The van der Waals surface area contributed by atoms with Crippen LogP contribution in [0.25, 0.3) is 11.1 Å². The first kappa shape index (κ1) is 28.7. The largest absolute Gasteiger partial charge is 0.573 e. The van der Waals surface area contributed by atoms with Crippen LogP contribution >= 0.6 is 0 Å². The molecule has 0 atom stereocenters. The summed E-state index contributed by atoms with van der Waals surface area (Å²) in [6.45, 7) is 5.58. The Bertz CT molecular complexity index is 1670. The van der Waals surface area contributed by atoms with Gasteiger partial charge in [-0.2, -0.15) is 4.39 Å². The average molecular weight is 585 g/mol. The number of nitrogens with one attached hydrogen (secondary N) is 2. The van der Waals surface area contributed by atoms with Gasteiger partial charge in [0.1, 0.15) is 17.3 Å². The third-order valence-electron chi connectivity index (χ3n) is 6.82. The Balaban J connectivity index is 1.47. The molecule has 2 heterocycles. The van der Waals surface area contributed by atoms with Gasteiger partial charge in [0.05, 0.1) is 17.1 Å². The zero-order valence-corrected chi connectivity index (χ0v) is 22.6. The number of halogens is 5. The summed E-state index contributed by atoms with van der Waals surface area (Å²) < 4.78 is 70.5. The maximum atomic E-state index is 15.4. The molecule has 3 N–H and O–H groups in total. The first-order valence-corrected chi connectivity index (χ1v) is 12.7. The quantitative estimate of drug-likeness (QED) is 0.163. The zero-order valence-electron chi connectivity index (χ0n) is 22.6. The minimum absolute atomic E-state index is 0.187. The summed E-state index contributed by atoms with van der Waals surface area (Å²) in [5.74, 6) is -2.11. The molecule has 7 nitrogen and oxygen atoms in total. The van der Waals surface area contributed by atoms with Gasteiger partial charge in [-0.05, 0) is 55.0 Å². The number of hydrogen-bond donors (Lipinski definition) is 3. The Morgan fingerprint density at radius 3 is 2.40 bits per heavy atom. The molecule has 0 spiro atoms.